The van der Waals surface area contributed by atoms with Crippen LogP contribution in [-0.4, -0.2) is 44.8 Å². The molecule has 9 heteroatoms. The number of amides is 4. The largest absolute Gasteiger partial charge is 0.424 e. The number of aromatic nitrogens is 2. The Kier molecular flexibility index (Phi) is 6.29. The first-order valence-corrected chi connectivity index (χ1v) is 11.6. The maximum atomic E-state index is 13.2. The Labute approximate surface area is 199 Å². The van der Waals surface area contributed by atoms with Crippen LogP contribution in [-0.2, 0) is 9.59 Å². The van der Waals surface area contributed by atoms with E-state index in [-0.39, 0.29) is 23.9 Å². The molecular weight excluding hydrogens is 434 g/mol. The van der Waals surface area contributed by atoms with Crippen LogP contribution in [0.2, 0.25) is 0 Å². The van der Waals surface area contributed by atoms with Gasteiger partial charge in [-0.2, -0.15) is 0 Å². The Morgan fingerprint density at radius 2 is 1.88 bits per heavy atom. The number of ether oxygens (including phenoxy) is 1. The highest BCUT2D eigenvalue weighted by atomic mass is 16.5. The summed E-state index contributed by atoms with van der Waals surface area (Å²) in [7, 11) is 0. The number of benzene rings is 1. The summed E-state index contributed by atoms with van der Waals surface area (Å²) in [6.07, 6.45) is 6.11. The molecule has 2 N–H and O–H groups in total. The third-order valence-electron chi connectivity index (χ3n) is 6.83. The van der Waals surface area contributed by atoms with E-state index in [0.717, 1.165) is 23.3 Å². The molecule has 1 spiro atoms. The maximum Gasteiger partial charge on any atom is 0.325 e. The monoisotopic (exact) mass is 465 g/mol. The molecule has 2 aromatic rings. The molecule has 1 aromatic carbocycles. The van der Waals surface area contributed by atoms with Gasteiger partial charge in [0, 0.05) is 18.1 Å². The summed E-state index contributed by atoms with van der Waals surface area (Å²) in [5.74, 6) is 0.294. The molecule has 1 aliphatic carbocycles. The molecule has 2 fully saturated rings. The Balaban J connectivity index is 1.37. The summed E-state index contributed by atoms with van der Waals surface area (Å²) in [5.41, 5.74) is 0.613. The minimum Gasteiger partial charge on any atom is -0.424 e. The van der Waals surface area contributed by atoms with Gasteiger partial charge in [0.15, 0.2) is 0 Å². The Morgan fingerprint density at radius 3 is 2.50 bits per heavy atom. The van der Waals surface area contributed by atoms with E-state index in [2.05, 4.69) is 41.4 Å². The highest BCUT2D eigenvalue weighted by Gasteiger charge is 2.53. The quantitative estimate of drug-likeness (QED) is 0.644. The van der Waals surface area contributed by atoms with Gasteiger partial charge in [-0.15, -0.1) is 0 Å². The molecule has 9 nitrogen and oxygen atoms in total. The van der Waals surface area contributed by atoms with Crippen LogP contribution in [0, 0.1) is 18.3 Å². The van der Waals surface area contributed by atoms with Crippen LogP contribution in [0.5, 0.6) is 11.8 Å². The molecule has 1 aromatic heterocycles. The lowest BCUT2D eigenvalue weighted by atomic mass is 9.67. The predicted octanol–water partition coefficient (Wildman–Crippen LogP) is 4.04. The van der Waals surface area contributed by atoms with Gasteiger partial charge in [-0.1, -0.05) is 20.8 Å². The van der Waals surface area contributed by atoms with Crippen molar-refractivity contribution in [1.82, 2.24) is 20.2 Å². The lowest BCUT2D eigenvalue weighted by Gasteiger charge is -2.40. The molecule has 180 valence electrons. The van der Waals surface area contributed by atoms with Crippen molar-refractivity contribution in [3.05, 3.63) is 42.2 Å². The number of carbonyl (C=O) groups is 3. The second-order valence-electron chi connectivity index (χ2n) is 10.2. The summed E-state index contributed by atoms with van der Waals surface area (Å²) in [5, 5.41) is 5.67. The second kappa shape index (κ2) is 9.04. The average molecular weight is 466 g/mol. The number of hydrogen-bond acceptors (Lipinski definition) is 6. The van der Waals surface area contributed by atoms with Crippen LogP contribution in [0.25, 0.3) is 0 Å². The fraction of sp³-hybridized carbons (Fsp3) is 0.480. The van der Waals surface area contributed by atoms with Crippen molar-refractivity contribution in [3.63, 3.8) is 0 Å². The third-order valence-corrected chi connectivity index (χ3v) is 6.83. The number of nitrogens with one attached hydrogen (secondary N) is 2. The molecule has 1 aliphatic heterocycles. The molecule has 4 amide bonds. The topological polar surface area (TPSA) is 114 Å². The zero-order chi connectivity index (χ0) is 24.5. The van der Waals surface area contributed by atoms with Gasteiger partial charge < -0.3 is 15.4 Å². The highest BCUT2D eigenvalue weighted by Crippen LogP contribution is 2.43. The van der Waals surface area contributed by atoms with Crippen LogP contribution in [0.4, 0.5) is 10.5 Å². The van der Waals surface area contributed by atoms with Gasteiger partial charge in [0.25, 0.3) is 5.91 Å². The molecule has 0 bridgehead atoms. The van der Waals surface area contributed by atoms with Crippen molar-refractivity contribution in [2.45, 2.75) is 58.9 Å². The standard InChI is InChI=1S/C25H31N5O4/c1-16-14-18(34-22-26-12-5-13-27-22)6-7-19(16)28-20(31)15-30-21(32)25(29-23(30)33)10-8-17(9-11-25)24(2,3)4/h5-7,12-14,17H,8-11,15H2,1-4H3,(H,28,31)(H,29,33). The van der Waals surface area contributed by atoms with E-state index in [1.807, 2.05) is 6.92 Å². The summed E-state index contributed by atoms with van der Waals surface area (Å²) >= 11 is 0. The minimum absolute atomic E-state index is 0.166. The molecular formula is C25H31N5O4. The van der Waals surface area contributed by atoms with E-state index in [1.165, 1.54) is 0 Å². The van der Waals surface area contributed by atoms with Crippen LogP contribution >= 0.6 is 0 Å². The molecule has 0 unspecified atom stereocenters. The van der Waals surface area contributed by atoms with Crippen LogP contribution in [0.1, 0.15) is 52.0 Å². The first kappa shape index (κ1) is 23.7. The van der Waals surface area contributed by atoms with E-state index in [4.69, 9.17) is 4.74 Å². The molecule has 4 rings (SSSR count). The van der Waals surface area contributed by atoms with Crippen molar-refractivity contribution >= 4 is 23.5 Å². The van der Waals surface area contributed by atoms with Gasteiger partial charge in [0.1, 0.15) is 17.8 Å². The molecule has 2 aliphatic rings. The molecule has 0 radical (unpaired) electrons. The molecule has 2 heterocycles. The van der Waals surface area contributed by atoms with Crippen molar-refractivity contribution < 1.29 is 19.1 Å². The van der Waals surface area contributed by atoms with Crippen LogP contribution in [0.15, 0.2) is 36.7 Å². The zero-order valence-electron chi connectivity index (χ0n) is 20.1. The number of imide groups is 1. The van der Waals surface area contributed by atoms with Crippen LogP contribution < -0.4 is 15.4 Å². The summed E-state index contributed by atoms with van der Waals surface area (Å²) in [4.78, 5) is 47.5. The Hall–Kier alpha value is -3.49. The number of rotatable bonds is 5. The lowest BCUT2D eigenvalue weighted by molar-refractivity contribution is -0.135. The van der Waals surface area contributed by atoms with Gasteiger partial charge in [-0.25, -0.2) is 14.8 Å². The molecule has 34 heavy (non-hydrogen) atoms. The van der Waals surface area contributed by atoms with E-state index in [9.17, 15) is 14.4 Å². The van der Waals surface area contributed by atoms with Crippen molar-refractivity contribution in [2.24, 2.45) is 11.3 Å². The van der Waals surface area contributed by atoms with E-state index >= 15 is 0 Å². The second-order valence-corrected chi connectivity index (χ2v) is 10.2. The maximum absolute atomic E-state index is 13.2. The van der Waals surface area contributed by atoms with E-state index in [0.29, 0.717) is 30.2 Å². The molecule has 1 saturated heterocycles. The van der Waals surface area contributed by atoms with Crippen molar-refractivity contribution in [3.8, 4) is 11.8 Å². The Morgan fingerprint density at radius 1 is 1.21 bits per heavy atom. The first-order chi connectivity index (χ1) is 16.1. The average Bonchev–Trinajstić information content (AvgIpc) is 3.00. The number of urea groups is 1. The number of aryl methyl sites for hydroxylation is 1. The SMILES string of the molecule is Cc1cc(Oc2ncccn2)ccc1NC(=O)CN1C(=O)NC2(CCC(C(C)(C)C)CC2)C1=O. The third kappa shape index (κ3) is 4.88. The summed E-state index contributed by atoms with van der Waals surface area (Å²) < 4.78 is 5.61. The number of nitrogens with zero attached hydrogens (tertiary/aromatic N) is 3. The fourth-order valence-corrected chi connectivity index (χ4v) is 4.75. The van der Waals surface area contributed by atoms with Crippen LogP contribution in [0.3, 0.4) is 0 Å². The van der Waals surface area contributed by atoms with Gasteiger partial charge in [0.2, 0.25) is 5.91 Å². The molecule has 1 saturated carbocycles. The minimum atomic E-state index is -0.881. The van der Waals surface area contributed by atoms with Gasteiger partial charge >= 0.3 is 12.0 Å². The van der Waals surface area contributed by atoms with E-state index in [1.54, 1.807) is 36.7 Å². The smallest absolute Gasteiger partial charge is 0.325 e. The predicted molar refractivity (Wildman–Crippen MR) is 126 cm³/mol. The number of anilines is 1. The number of carbonyl (C=O) groups excluding carboxylic acids is 3. The first-order valence-electron chi connectivity index (χ1n) is 11.6. The zero-order valence-corrected chi connectivity index (χ0v) is 20.1. The molecule has 0 atom stereocenters. The highest BCUT2D eigenvalue weighted by molar-refractivity contribution is 6.10. The Bertz CT molecular complexity index is 1090. The lowest BCUT2D eigenvalue weighted by Crippen LogP contribution is -2.51. The van der Waals surface area contributed by atoms with Crippen molar-refractivity contribution in [1.29, 1.82) is 0 Å². The summed E-state index contributed by atoms with van der Waals surface area (Å²) in [6, 6.07) is 6.56. The van der Waals surface area contributed by atoms with Gasteiger partial charge in [-0.3, -0.25) is 14.5 Å². The van der Waals surface area contributed by atoms with Gasteiger partial charge in [0.05, 0.1) is 0 Å². The van der Waals surface area contributed by atoms with Gasteiger partial charge in [-0.05, 0) is 73.8 Å². The van der Waals surface area contributed by atoms with E-state index < -0.39 is 17.5 Å². The number of hydrogen-bond donors (Lipinski definition) is 2. The summed E-state index contributed by atoms with van der Waals surface area (Å²) in [6.45, 7) is 8.11. The normalized spacial score (nSPS) is 22.6. The fourth-order valence-electron chi connectivity index (χ4n) is 4.75. The van der Waals surface area contributed by atoms with Crippen molar-refractivity contribution in [2.75, 3.05) is 11.9 Å².